The van der Waals surface area contributed by atoms with Gasteiger partial charge < -0.3 is 19.7 Å². The molecule has 1 fully saturated rings. The fraction of sp³-hybridized carbons (Fsp3) is 0.353. The number of carbonyl (C=O) groups excluding carboxylic acids is 1. The van der Waals surface area contributed by atoms with Gasteiger partial charge in [-0.25, -0.2) is 4.98 Å². The zero-order chi connectivity index (χ0) is 19.4. The van der Waals surface area contributed by atoms with Crippen LogP contribution in [-0.4, -0.2) is 51.2 Å². The highest BCUT2D eigenvalue weighted by atomic mass is 16.6. The van der Waals surface area contributed by atoms with Gasteiger partial charge in [-0.1, -0.05) is 0 Å². The first-order valence-corrected chi connectivity index (χ1v) is 8.29. The summed E-state index contributed by atoms with van der Waals surface area (Å²) >= 11 is 0. The first-order chi connectivity index (χ1) is 12.9. The van der Waals surface area contributed by atoms with Crippen LogP contribution >= 0.6 is 0 Å². The maximum absolute atomic E-state index is 12.4. The van der Waals surface area contributed by atoms with E-state index in [1.807, 2.05) is 0 Å². The highest BCUT2D eigenvalue weighted by molar-refractivity contribution is 5.95. The van der Waals surface area contributed by atoms with E-state index in [0.717, 1.165) is 0 Å². The SMILES string of the molecule is O=C(NCC1(C(=O)O)CCOCC1)c1ccc(-n2ccnc2)c([N+](=O)[O-])c1. The summed E-state index contributed by atoms with van der Waals surface area (Å²) in [4.78, 5) is 38.8. The molecule has 142 valence electrons. The van der Waals surface area contributed by atoms with Gasteiger partial charge in [0.05, 0.1) is 16.7 Å². The number of hydrogen-bond acceptors (Lipinski definition) is 6. The summed E-state index contributed by atoms with van der Waals surface area (Å²) in [5.41, 5.74) is -0.977. The topological polar surface area (TPSA) is 137 Å². The van der Waals surface area contributed by atoms with Gasteiger partial charge in [0.1, 0.15) is 5.69 Å². The van der Waals surface area contributed by atoms with Crippen molar-refractivity contribution in [2.24, 2.45) is 5.41 Å². The second kappa shape index (κ2) is 7.54. The summed E-state index contributed by atoms with van der Waals surface area (Å²) in [6, 6.07) is 4.08. The van der Waals surface area contributed by atoms with Crippen molar-refractivity contribution < 1.29 is 24.4 Å². The quantitative estimate of drug-likeness (QED) is 0.576. The average Bonchev–Trinajstić information content (AvgIpc) is 3.20. The predicted octanol–water partition coefficient (Wildman–Crippen LogP) is 1.39. The van der Waals surface area contributed by atoms with Gasteiger partial charge in [-0.05, 0) is 25.0 Å². The Morgan fingerprint density at radius 2 is 2.11 bits per heavy atom. The Morgan fingerprint density at radius 3 is 2.70 bits per heavy atom. The van der Waals surface area contributed by atoms with Gasteiger partial charge in [0.15, 0.2) is 0 Å². The van der Waals surface area contributed by atoms with Crippen LogP contribution in [0.2, 0.25) is 0 Å². The molecule has 2 aromatic rings. The molecule has 3 rings (SSSR count). The number of imidazole rings is 1. The van der Waals surface area contributed by atoms with Gasteiger partial charge in [0.2, 0.25) is 0 Å². The standard InChI is InChI=1S/C17H18N4O6/c22-15(19-10-17(16(23)24)3-7-27-8-4-17)12-1-2-13(14(9-12)21(25)26)20-6-5-18-11-20/h1-2,5-6,9,11H,3-4,7-8,10H2,(H,19,22)(H,23,24). The highest BCUT2D eigenvalue weighted by Gasteiger charge is 2.40. The van der Waals surface area contributed by atoms with E-state index in [0.29, 0.717) is 26.1 Å². The number of aliphatic carboxylic acids is 1. The van der Waals surface area contributed by atoms with Crippen LogP contribution in [0.25, 0.3) is 5.69 Å². The molecule has 0 saturated carbocycles. The Labute approximate surface area is 153 Å². The number of benzene rings is 1. The van der Waals surface area contributed by atoms with Gasteiger partial charge >= 0.3 is 5.97 Å². The first kappa shape index (κ1) is 18.5. The molecule has 0 unspecified atom stereocenters. The lowest BCUT2D eigenvalue weighted by Gasteiger charge is -2.33. The Kier molecular flexibility index (Phi) is 5.17. The van der Waals surface area contributed by atoms with Crippen molar-refractivity contribution >= 4 is 17.6 Å². The number of nitro benzene ring substituents is 1. The van der Waals surface area contributed by atoms with E-state index in [-0.39, 0.29) is 23.5 Å². The number of nitro groups is 1. The average molecular weight is 374 g/mol. The van der Waals surface area contributed by atoms with E-state index in [1.165, 1.54) is 35.3 Å². The minimum absolute atomic E-state index is 0.0679. The lowest BCUT2D eigenvalue weighted by Crippen LogP contribution is -2.46. The number of ether oxygens (including phenoxy) is 1. The van der Waals surface area contributed by atoms with Gasteiger partial charge in [-0.15, -0.1) is 0 Å². The van der Waals surface area contributed by atoms with Crippen LogP contribution in [0.4, 0.5) is 5.69 Å². The summed E-state index contributed by atoms with van der Waals surface area (Å²) in [5, 5.41) is 23.5. The van der Waals surface area contributed by atoms with E-state index in [4.69, 9.17) is 4.74 Å². The Hall–Kier alpha value is -3.27. The smallest absolute Gasteiger partial charge is 0.311 e. The van der Waals surface area contributed by atoms with Crippen LogP contribution in [0.15, 0.2) is 36.9 Å². The molecule has 1 aliphatic rings. The van der Waals surface area contributed by atoms with Gasteiger partial charge in [-0.3, -0.25) is 19.7 Å². The number of rotatable bonds is 6. The number of hydrogen-bond donors (Lipinski definition) is 2. The number of amides is 1. The van der Waals surface area contributed by atoms with Crippen molar-refractivity contribution in [3.8, 4) is 5.69 Å². The molecular weight excluding hydrogens is 356 g/mol. The van der Waals surface area contributed by atoms with Crippen LogP contribution in [0, 0.1) is 15.5 Å². The molecule has 10 nitrogen and oxygen atoms in total. The lowest BCUT2D eigenvalue weighted by atomic mass is 9.80. The van der Waals surface area contributed by atoms with Gasteiger partial charge in [0.25, 0.3) is 11.6 Å². The van der Waals surface area contributed by atoms with Crippen LogP contribution in [0.1, 0.15) is 23.2 Å². The molecule has 27 heavy (non-hydrogen) atoms. The number of aromatic nitrogens is 2. The summed E-state index contributed by atoms with van der Waals surface area (Å²) in [6.45, 7) is 0.558. The maximum atomic E-state index is 12.4. The second-order valence-corrected chi connectivity index (χ2v) is 6.31. The third-order valence-electron chi connectivity index (χ3n) is 4.71. The molecule has 0 bridgehead atoms. The van der Waals surface area contributed by atoms with E-state index in [2.05, 4.69) is 10.3 Å². The van der Waals surface area contributed by atoms with Crippen molar-refractivity contribution in [3.63, 3.8) is 0 Å². The molecule has 0 atom stereocenters. The van der Waals surface area contributed by atoms with Crippen LogP contribution in [-0.2, 0) is 9.53 Å². The van der Waals surface area contributed by atoms with Crippen molar-refractivity contribution in [2.45, 2.75) is 12.8 Å². The van der Waals surface area contributed by atoms with Crippen molar-refractivity contribution in [1.29, 1.82) is 0 Å². The third-order valence-corrected chi connectivity index (χ3v) is 4.71. The molecule has 10 heteroatoms. The third kappa shape index (κ3) is 3.80. The molecule has 1 aromatic carbocycles. The molecular formula is C17H18N4O6. The number of nitrogens with one attached hydrogen (secondary N) is 1. The van der Waals surface area contributed by atoms with E-state index in [1.54, 1.807) is 6.20 Å². The van der Waals surface area contributed by atoms with Crippen LogP contribution < -0.4 is 5.32 Å². The molecule has 1 saturated heterocycles. The molecule has 2 heterocycles. The fourth-order valence-corrected chi connectivity index (χ4v) is 3.01. The van der Waals surface area contributed by atoms with Gasteiger partial charge in [0, 0.05) is 43.8 Å². The van der Waals surface area contributed by atoms with E-state index >= 15 is 0 Å². The predicted molar refractivity (Wildman–Crippen MR) is 92.7 cm³/mol. The molecule has 0 radical (unpaired) electrons. The first-order valence-electron chi connectivity index (χ1n) is 8.29. The summed E-state index contributed by atoms with van der Waals surface area (Å²) in [6.07, 6.45) is 5.06. The van der Waals surface area contributed by atoms with E-state index < -0.39 is 22.2 Å². The van der Waals surface area contributed by atoms with Crippen molar-refractivity contribution in [1.82, 2.24) is 14.9 Å². The fourth-order valence-electron chi connectivity index (χ4n) is 3.01. The van der Waals surface area contributed by atoms with Crippen LogP contribution in [0.5, 0.6) is 0 Å². The van der Waals surface area contributed by atoms with Crippen molar-refractivity contribution in [2.75, 3.05) is 19.8 Å². The van der Waals surface area contributed by atoms with Crippen molar-refractivity contribution in [3.05, 3.63) is 52.6 Å². The zero-order valence-corrected chi connectivity index (χ0v) is 14.3. The Bertz CT molecular complexity index is 858. The summed E-state index contributed by atoms with van der Waals surface area (Å²) in [7, 11) is 0. The molecule has 1 aliphatic heterocycles. The molecule has 0 aliphatic carbocycles. The Balaban J connectivity index is 1.79. The minimum Gasteiger partial charge on any atom is -0.481 e. The number of carbonyl (C=O) groups is 2. The van der Waals surface area contributed by atoms with Gasteiger partial charge in [-0.2, -0.15) is 0 Å². The Morgan fingerprint density at radius 1 is 1.37 bits per heavy atom. The summed E-state index contributed by atoms with van der Waals surface area (Å²) < 4.78 is 6.67. The molecule has 1 amide bonds. The highest BCUT2D eigenvalue weighted by Crippen LogP contribution is 2.30. The zero-order valence-electron chi connectivity index (χ0n) is 14.3. The molecule has 2 N–H and O–H groups in total. The molecule has 0 spiro atoms. The number of nitrogens with zero attached hydrogens (tertiary/aromatic N) is 3. The normalized spacial score (nSPS) is 15.9. The largest absolute Gasteiger partial charge is 0.481 e. The summed E-state index contributed by atoms with van der Waals surface area (Å²) in [5.74, 6) is -1.56. The second-order valence-electron chi connectivity index (χ2n) is 6.31. The molecule has 1 aromatic heterocycles. The monoisotopic (exact) mass is 374 g/mol. The van der Waals surface area contributed by atoms with E-state index in [9.17, 15) is 24.8 Å². The minimum atomic E-state index is -1.09. The maximum Gasteiger partial charge on any atom is 0.311 e. The lowest BCUT2D eigenvalue weighted by molar-refractivity contribution is -0.384. The number of carboxylic acids is 1. The van der Waals surface area contributed by atoms with Crippen LogP contribution in [0.3, 0.4) is 0 Å². The number of carboxylic acid groups (broad SMARTS) is 1.